The highest BCUT2D eigenvalue weighted by Crippen LogP contribution is 2.19. The van der Waals surface area contributed by atoms with Crippen molar-refractivity contribution in [3.05, 3.63) is 0 Å². The highest BCUT2D eigenvalue weighted by molar-refractivity contribution is 4.72. The first-order valence-corrected chi connectivity index (χ1v) is 6.44. The van der Waals surface area contributed by atoms with Crippen molar-refractivity contribution in [2.75, 3.05) is 46.8 Å². The third-order valence-corrected chi connectivity index (χ3v) is 3.61. The average Bonchev–Trinajstić information content (AvgIpc) is 2.28. The zero-order valence-corrected chi connectivity index (χ0v) is 10.9. The molecule has 4 N–H and O–H groups in total. The van der Waals surface area contributed by atoms with Crippen LogP contribution in [0, 0.1) is 5.92 Å². The Hall–Kier alpha value is -0.160. The van der Waals surface area contributed by atoms with Gasteiger partial charge in [0.1, 0.15) is 0 Å². The fraction of sp³-hybridized carbons (Fsp3) is 1.00. The maximum Gasteiger partial charge on any atom is 0.0292 e. The van der Waals surface area contributed by atoms with Gasteiger partial charge in [0.2, 0.25) is 0 Å². The lowest BCUT2D eigenvalue weighted by molar-refractivity contribution is 0.194. The Labute approximate surface area is 99.9 Å². The van der Waals surface area contributed by atoms with Crippen molar-refractivity contribution in [2.24, 2.45) is 17.4 Å². The molecule has 96 valence electrons. The Morgan fingerprint density at radius 2 is 2.00 bits per heavy atom. The van der Waals surface area contributed by atoms with Gasteiger partial charge in [0, 0.05) is 19.1 Å². The monoisotopic (exact) mass is 228 g/mol. The molecule has 4 nitrogen and oxygen atoms in total. The summed E-state index contributed by atoms with van der Waals surface area (Å²) in [5.41, 5.74) is 11.3. The summed E-state index contributed by atoms with van der Waals surface area (Å²) >= 11 is 0. The standard InChI is InChI=1S/C12H28N4/c1-15-6-3-11(4-7-15)5-8-16(2)10-12(14)9-13/h11-12H,3-10,13-14H2,1-2H3. The lowest BCUT2D eigenvalue weighted by Crippen LogP contribution is -2.41. The van der Waals surface area contributed by atoms with Crippen molar-refractivity contribution < 1.29 is 0 Å². The number of likely N-dealkylation sites (N-methyl/N-ethyl adjacent to an activating group) is 1. The summed E-state index contributed by atoms with van der Waals surface area (Å²) in [5, 5.41) is 0. The van der Waals surface area contributed by atoms with Crippen LogP contribution in [0.4, 0.5) is 0 Å². The Morgan fingerprint density at radius 1 is 1.38 bits per heavy atom. The van der Waals surface area contributed by atoms with Crippen molar-refractivity contribution in [1.82, 2.24) is 9.80 Å². The summed E-state index contributed by atoms with van der Waals surface area (Å²) in [6.07, 6.45) is 4.02. The minimum absolute atomic E-state index is 0.127. The van der Waals surface area contributed by atoms with Crippen molar-refractivity contribution >= 4 is 0 Å². The van der Waals surface area contributed by atoms with E-state index >= 15 is 0 Å². The van der Waals surface area contributed by atoms with Crippen LogP contribution in [0.5, 0.6) is 0 Å². The molecule has 0 aromatic carbocycles. The molecular formula is C12H28N4. The first kappa shape index (κ1) is 13.9. The van der Waals surface area contributed by atoms with E-state index in [0.29, 0.717) is 6.54 Å². The predicted molar refractivity (Wildman–Crippen MR) is 69.4 cm³/mol. The van der Waals surface area contributed by atoms with Crippen LogP contribution in [0.15, 0.2) is 0 Å². The first-order chi connectivity index (χ1) is 7.61. The zero-order valence-electron chi connectivity index (χ0n) is 10.9. The molecular weight excluding hydrogens is 200 g/mol. The van der Waals surface area contributed by atoms with Gasteiger partial charge in [-0.05, 0) is 58.9 Å². The van der Waals surface area contributed by atoms with E-state index in [4.69, 9.17) is 11.5 Å². The van der Waals surface area contributed by atoms with Crippen molar-refractivity contribution in [1.29, 1.82) is 0 Å². The van der Waals surface area contributed by atoms with E-state index in [1.165, 1.54) is 32.4 Å². The lowest BCUT2D eigenvalue weighted by Gasteiger charge is -2.30. The van der Waals surface area contributed by atoms with Gasteiger partial charge < -0.3 is 21.3 Å². The largest absolute Gasteiger partial charge is 0.329 e. The number of nitrogens with zero attached hydrogens (tertiary/aromatic N) is 2. The number of likely N-dealkylation sites (tertiary alicyclic amines) is 1. The van der Waals surface area contributed by atoms with Crippen molar-refractivity contribution in [2.45, 2.75) is 25.3 Å². The molecule has 16 heavy (non-hydrogen) atoms. The number of piperidine rings is 1. The van der Waals surface area contributed by atoms with Crippen LogP contribution in [-0.2, 0) is 0 Å². The van der Waals surface area contributed by atoms with Gasteiger partial charge in [0.05, 0.1) is 0 Å². The maximum atomic E-state index is 5.83. The molecule has 1 saturated heterocycles. The topological polar surface area (TPSA) is 58.5 Å². The molecule has 0 aromatic rings. The average molecular weight is 228 g/mol. The SMILES string of the molecule is CN1CCC(CCN(C)CC(N)CN)CC1. The molecule has 1 aliphatic rings. The van der Waals surface area contributed by atoms with Crippen LogP contribution in [0.25, 0.3) is 0 Å². The van der Waals surface area contributed by atoms with Gasteiger partial charge >= 0.3 is 0 Å². The van der Waals surface area contributed by atoms with Gasteiger partial charge in [-0.3, -0.25) is 0 Å². The maximum absolute atomic E-state index is 5.83. The second-order valence-corrected chi connectivity index (χ2v) is 5.29. The fourth-order valence-corrected chi connectivity index (χ4v) is 2.32. The Kier molecular flexibility index (Phi) is 6.28. The minimum atomic E-state index is 0.127. The number of hydrogen-bond acceptors (Lipinski definition) is 4. The van der Waals surface area contributed by atoms with Crippen LogP contribution in [0.2, 0.25) is 0 Å². The molecule has 1 rings (SSSR count). The minimum Gasteiger partial charge on any atom is -0.329 e. The molecule has 0 bridgehead atoms. The highest BCUT2D eigenvalue weighted by atomic mass is 15.1. The van der Waals surface area contributed by atoms with Gasteiger partial charge in [-0.1, -0.05) is 0 Å². The molecule has 0 aliphatic carbocycles. The lowest BCUT2D eigenvalue weighted by atomic mass is 9.93. The van der Waals surface area contributed by atoms with Gasteiger partial charge in [-0.2, -0.15) is 0 Å². The van der Waals surface area contributed by atoms with Gasteiger partial charge in [0.15, 0.2) is 0 Å². The van der Waals surface area contributed by atoms with Crippen LogP contribution in [-0.4, -0.2) is 62.7 Å². The van der Waals surface area contributed by atoms with E-state index in [-0.39, 0.29) is 6.04 Å². The van der Waals surface area contributed by atoms with E-state index in [2.05, 4.69) is 23.9 Å². The Bertz CT molecular complexity index is 178. The van der Waals surface area contributed by atoms with Crippen LogP contribution >= 0.6 is 0 Å². The highest BCUT2D eigenvalue weighted by Gasteiger charge is 2.17. The van der Waals surface area contributed by atoms with Crippen molar-refractivity contribution in [3.63, 3.8) is 0 Å². The second kappa shape index (κ2) is 7.22. The summed E-state index contributed by atoms with van der Waals surface area (Å²) in [6.45, 7) is 5.18. The van der Waals surface area contributed by atoms with Gasteiger partial charge in [-0.25, -0.2) is 0 Å². The predicted octanol–water partition coefficient (Wildman–Crippen LogP) is -0.0639. The third kappa shape index (κ3) is 5.25. The van der Waals surface area contributed by atoms with E-state index in [1.54, 1.807) is 0 Å². The van der Waals surface area contributed by atoms with E-state index in [0.717, 1.165) is 19.0 Å². The summed E-state index contributed by atoms with van der Waals surface area (Å²) in [5.74, 6) is 0.910. The van der Waals surface area contributed by atoms with E-state index < -0.39 is 0 Å². The molecule has 0 spiro atoms. The summed E-state index contributed by atoms with van der Waals surface area (Å²) in [6, 6.07) is 0.127. The Morgan fingerprint density at radius 3 is 2.56 bits per heavy atom. The van der Waals surface area contributed by atoms with E-state index in [9.17, 15) is 0 Å². The van der Waals surface area contributed by atoms with Gasteiger partial charge in [-0.15, -0.1) is 0 Å². The fourth-order valence-electron chi connectivity index (χ4n) is 2.32. The summed E-state index contributed by atoms with van der Waals surface area (Å²) in [4.78, 5) is 4.74. The normalized spacial score (nSPS) is 21.6. The van der Waals surface area contributed by atoms with Crippen molar-refractivity contribution in [3.8, 4) is 0 Å². The zero-order chi connectivity index (χ0) is 12.0. The second-order valence-electron chi connectivity index (χ2n) is 5.29. The third-order valence-electron chi connectivity index (χ3n) is 3.61. The number of nitrogens with two attached hydrogens (primary N) is 2. The molecule has 1 heterocycles. The number of hydrogen-bond donors (Lipinski definition) is 2. The summed E-state index contributed by atoms with van der Waals surface area (Å²) < 4.78 is 0. The molecule has 1 atom stereocenters. The molecule has 4 heteroatoms. The first-order valence-electron chi connectivity index (χ1n) is 6.44. The number of rotatable bonds is 6. The Balaban J connectivity index is 2.09. The molecule has 1 aliphatic heterocycles. The van der Waals surface area contributed by atoms with Crippen LogP contribution in [0.3, 0.4) is 0 Å². The molecule has 1 unspecified atom stereocenters. The van der Waals surface area contributed by atoms with Crippen LogP contribution in [0.1, 0.15) is 19.3 Å². The molecule has 1 fully saturated rings. The molecule has 0 saturated carbocycles. The molecule has 0 amide bonds. The molecule has 0 aromatic heterocycles. The quantitative estimate of drug-likeness (QED) is 0.668. The summed E-state index contributed by atoms with van der Waals surface area (Å²) in [7, 11) is 4.35. The van der Waals surface area contributed by atoms with Crippen LogP contribution < -0.4 is 11.5 Å². The van der Waals surface area contributed by atoms with E-state index in [1.807, 2.05) is 0 Å². The smallest absolute Gasteiger partial charge is 0.0292 e. The molecule has 0 radical (unpaired) electrons. The van der Waals surface area contributed by atoms with Gasteiger partial charge in [0.25, 0.3) is 0 Å².